The minimum absolute atomic E-state index is 0.0564. The summed E-state index contributed by atoms with van der Waals surface area (Å²) in [5, 5.41) is 8.41. The number of carbonyl (C=O) groups excluding carboxylic acids is 1. The number of nitrogens with zero attached hydrogens (tertiary/aromatic N) is 1. The Kier molecular flexibility index (Phi) is 2.28. The normalized spacial score (nSPS) is 9.75. The van der Waals surface area contributed by atoms with E-state index in [4.69, 9.17) is 5.11 Å². The van der Waals surface area contributed by atoms with Crippen LogP contribution in [0.3, 0.4) is 0 Å². The number of ketones is 1. The topological polar surface area (TPSA) is 59.3 Å². The molecule has 0 amide bonds. The van der Waals surface area contributed by atoms with Crippen LogP contribution in [0, 0.1) is 0 Å². The SMILES string of the molecule is CC(=O)c1ccn(CC(=O)O)c1. The van der Waals surface area contributed by atoms with Gasteiger partial charge in [-0.15, -0.1) is 0 Å². The summed E-state index contributed by atoms with van der Waals surface area (Å²) in [6.07, 6.45) is 3.10. The summed E-state index contributed by atoms with van der Waals surface area (Å²) in [7, 11) is 0. The smallest absolute Gasteiger partial charge is 0.323 e. The summed E-state index contributed by atoms with van der Waals surface area (Å²) in [6.45, 7) is 1.34. The monoisotopic (exact) mass is 167 g/mol. The van der Waals surface area contributed by atoms with E-state index in [9.17, 15) is 9.59 Å². The van der Waals surface area contributed by atoms with Crippen molar-refractivity contribution in [1.82, 2.24) is 4.57 Å². The van der Waals surface area contributed by atoms with E-state index in [-0.39, 0.29) is 12.3 Å². The van der Waals surface area contributed by atoms with Crippen LogP contribution in [0.15, 0.2) is 18.5 Å². The van der Waals surface area contributed by atoms with Crippen molar-refractivity contribution in [2.45, 2.75) is 13.5 Å². The molecule has 64 valence electrons. The second-order valence-electron chi connectivity index (χ2n) is 2.52. The Labute approximate surface area is 69.4 Å². The maximum absolute atomic E-state index is 10.8. The first-order valence-corrected chi connectivity index (χ1v) is 3.48. The fraction of sp³-hybridized carbons (Fsp3) is 0.250. The van der Waals surface area contributed by atoms with Crippen molar-refractivity contribution in [2.24, 2.45) is 0 Å². The van der Waals surface area contributed by atoms with Crippen LogP contribution in [0.2, 0.25) is 0 Å². The lowest BCUT2D eigenvalue weighted by atomic mass is 10.2. The molecule has 0 atom stereocenters. The lowest BCUT2D eigenvalue weighted by molar-refractivity contribution is -0.137. The van der Waals surface area contributed by atoms with Crippen molar-refractivity contribution >= 4 is 11.8 Å². The van der Waals surface area contributed by atoms with Crippen LogP contribution in [0.1, 0.15) is 17.3 Å². The fourth-order valence-corrected chi connectivity index (χ4v) is 0.904. The summed E-state index contributed by atoms with van der Waals surface area (Å²) in [5.41, 5.74) is 0.538. The van der Waals surface area contributed by atoms with Gasteiger partial charge in [-0.25, -0.2) is 0 Å². The third-order valence-corrected chi connectivity index (χ3v) is 1.47. The zero-order valence-corrected chi connectivity index (χ0v) is 6.65. The molecule has 4 nitrogen and oxygen atoms in total. The van der Waals surface area contributed by atoms with Gasteiger partial charge in [-0.05, 0) is 13.0 Å². The second-order valence-corrected chi connectivity index (χ2v) is 2.52. The highest BCUT2D eigenvalue weighted by atomic mass is 16.4. The molecule has 0 aliphatic rings. The number of carboxylic acids is 1. The van der Waals surface area contributed by atoms with Crippen molar-refractivity contribution in [3.63, 3.8) is 0 Å². The third-order valence-electron chi connectivity index (χ3n) is 1.47. The number of carbonyl (C=O) groups is 2. The Morgan fingerprint density at radius 1 is 1.58 bits per heavy atom. The van der Waals surface area contributed by atoms with Crippen molar-refractivity contribution in [1.29, 1.82) is 0 Å². The van der Waals surface area contributed by atoms with Crippen LogP contribution in [-0.2, 0) is 11.3 Å². The standard InChI is InChI=1S/C8H9NO3/c1-6(10)7-2-3-9(4-7)5-8(11)12/h2-4H,5H2,1H3,(H,11,12). The zero-order valence-electron chi connectivity index (χ0n) is 6.65. The van der Waals surface area contributed by atoms with Crippen molar-refractivity contribution in [2.75, 3.05) is 0 Å². The highest BCUT2D eigenvalue weighted by Gasteiger charge is 2.03. The summed E-state index contributed by atoms with van der Waals surface area (Å²) in [4.78, 5) is 21.0. The van der Waals surface area contributed by atoms with E-state index in [2.05, 4.69) is 0 Å². The molecule has 0 unspecified atom stereocenters. The first kappa shape index (κ1) is 8.52. The minimum atomic E-state index is -0.916. The summed E-state index contributed by atoms with van der Waals surface area (Å²) in [5.74, 6) is -0.972. The lowest BCUT2D eigenvalue weighted by Gasteiger charge is -1.94. The van der Waals surface area contributed by atoms with Crippen molar-refractivity contribution in [3.05, 3.63) is 24.0 Å². The highest BCUT2D eigenvalue weighted by molar-refractivity contribution is 5.93. The van der Waals surface area contributed by atoms with Gasteiger partial charge in [-0.1, -0.05) is 0 Å². The Morgan fingerprint density at radius 2 is 2.25 bits per heavy atom. The molecule has 0 bridgehead atoms. The molecule has 1 aromatic heterocycles. The second kappa shape index (κ2) is 3.21. The van der Waals surface area contributed by atoms with E-state index in [1.165, 1.54) is 17.7 Å². The zero-order chi connectivity index (χ0) is 9.14. The maximum atomic E-state index is 10.8. The van der Waals surface area contributed by atoms with Gasteiger partial charge < -0.3 is 9.67 Å². The van der Waals surface area contributed by atoms with Crippen LogP contribution in [0.5, 0.6) is 0 Å². The summed E-state index contributed by atoms with van der Waals surface area (Å²) in [6, 6.07) is 1.60. The predicted octanol–water partition coefficient (Wildman–Crippen LogP) is 0.775. The molecule has 0 aliphatic heterocycles. The quantitative estimate of drug-likeness (QED) is 0.676. The molecule has 12 heavy (non-hydrogen) atoms. The first-order valence-electron chi connectivity index (χ1n) is 3.48. The Balaban J connectivity index is 2.77. The number of rotatable bonds is 3. The minimum Gasteiger partial charge on any atom is -0.480 e. The van der Waals surface area contributed by atoms with Gasteiger partial charge in [0.15, 0.2) is 5.78 Å². The van der Waals surface area contributed by atoms with Crippen LogP contribution in [0.4, 0.5) is 0 Å². The number of carboxylic acid groups (broad SMARTS) is 1. The van der Waals surface area contributed by atoms with Gasteiger partial charge >= 0.3 is 5.97 Å². The van der Waals surface area contributed by atoms with Crippen molar-refractivity contribution in [3.8, 4) is 0 Å². The Morgan fingerprint density at radius 3 is 2.67 bits per heavy atom. The molecular weight excluding hydrogens is 158 g/mol. The first-order chi connectivity index (χ1) is 5.59. The van der Waals surface area contributed by atoms with E-state index in [0.29, 0.717) is 5.56 Å². The van der Waals surface area contributed by atoms with E-state index in [1.54, 1.807) is 12.3 Å². The number of hydrogen-bond acceptors (Lipinski definition) is 2. The molecule has 0 radical (unpaired) electrons. The molecule has 0 aliphatic carbocycles. The van der Waals surface area contributed by atoms with E-state index >= 15 is 0 Å². The molecule has 0 aromatic carbocycles. The molecule has 1 rings (SSSR count). The molecular formula is C8H9NO3. The van der Waals surface area contributed by atoms with Gasteiger partial charge in [-0.3, -0.25) is 9.59 Å². The summed E-state index contributed by atoms with van der Waals surface area (Å²) >= 11 is 0. The van der Waals surface area contributed by atoms with Crippen molar-refractivity contribution < 1.29 is 14.7 Å². The van der Waals surface area contributed by atoms with Gasteiger partial charge in [0.2, 0.25) is 0 Å². The molecule has 1 N–H and O–H groups in total. The van der Waals surface area contributed by atoms with Gasteiger partial charge in [0.1, 0.15) is 6.54 Å². The largest absolute Gasteiger partial charge is 0.480 e. The van der Waals surface area contributed by atoms with E-state index in [0.717, 1.165) is 0 Å². The van der Waals surface area contributed by atoms with Crippen LogP contribution < -0.4 is 0 Å². The average Bonchev–Trinajstić information content (AvgIpc) is 2.34. The molecule has 0 spiro atoms. The van der Waals surface area contributed by atoms with Gasteiger partial charge in [-0.2, -0.15) is 0 Å². The third kappa shape index (κ3) is 1.95. The molecule has 1 aromatic rings. The van der Waals surface area contributed by atoms with E-state index < -0.39 is 5.97 Å². The highest BCUT2D eigenvalue weighted by Crippen LogP contribution is 2.01. The average molecular weight is 167 g/mol. The maximum Gasteiger partial charge on any atom is 0.323 e. The van der Waals surface area contributed by atoms with Gasteiger partial charge in [0, 0.05) is 18.0 Å². The molecule has 0 saturated carbocycles. The fourth-order valence-electron chi connectivity index (χ4n) is 0.904. The van der Waals surface area contributed by atoms with Crippen LogP contribution >= 0.6 is 0 Å². The number of hydrogen-bond donors (Lipinski definition) is 1. The predicted molar refractivity (Wildman–Crippen MR) is 42.1 cm³/mol. The Hall–Kier alpha value is -1.58. The number of aliphatic carboxylic acids is 1. The lowest BCUT2D eigenvalue weighted by Crippen LogP contribution is -2.06. The Bertz CT molecular complexity index is 314. The van der Waals surface area contributed by atoms with Gasteiger partial charge in [0.25, 0.3) is 0 Å². The van der Waals surface area contributed by atoms with Crippen LogP contribution in [-0.4, -0.2) is 21.4 Å². The molecule has 0 fully saturated rings. The molecule has 0 saturated heterocycles. The van der Waals surface area contributed by atoms with Gasteiger partial charge in [0.05, 0.1) is 0 Å². The summed E-state index contributed by atoms with van der Waals surface area (Å²) < 4.78 is 1.46. The number of aromatic nitrogens is 1. The van der Waals surface area contributed by atoms with Crippen LogP contribution in [0.25, 0.3) is 0 Å². The molecule has 1 heterocycles. The number of Topliss-reactive ketones (excluding diaryl/α,β-unsaturated/α-hetero) is 1. The van der Waals surface area contributed by atoms with E-state index in [1.807, 2.05) is 0 Å². The molecule has 4 heteroatoms.